The fourth-order valence-electron chi connectivity index (χ4n) is 3.92. The third-order valence-electron chi connectivity index (χ3n) is 5.23. The summed E-state index contributed by atoms with van der Waals surface area (Å²) in [5.74, 6) is 1.00. The first kappa shape index (κ1) is 16.6. The van der Waals surface area contributed by atoms with Gasteiger partial charge in [0.05, 0.1) is 7.11 Å². The van der Waals surface area contributed by atoms with E-state index in [-0.39, 0.29) is 0 Å². The first-order chi connectivity index (χ1) is 12.3. The average Bonchev–Trinajstić information content (AvgIpc) is 2.67. The van der Waals surface area contributed by atoms with E-state index in [1.807, 2.05) is 12.1 Å². The van der Waals surface area contributed by atoms with E-state index in [1.54, 1.807) is 7.11 Å². The van der Waals surface area contributed by atoms with Gasteiger partial charge in [-0.25, -0.2) is 0 Å². The van der Waals surface area contributed by atoms with Crippen molar-refractivity contribution < 1.29 is 4.74 Å². The number of piperazine rings is 1. The van der Waals surface area contributed by atoms with E-state index in [0.29, 0.717) is 0 Å². The minimum Gasteiger partial charge on any atom is -0.496 e. The Balaban J connectivity index is 1.53. The fourth-order valence-corrected chi connectivity index (χ4v) is 4.11. The molecule has 25 heavy (non-hydrogen) atoms. The van der Waals surface area contributed by atoms with Gasteiger partial charge in [0.1, 0.15) is 5.75 Å². The Morgan fingerprint density at radius 3 is 2.56 bits per heavy atom. The molecule has 4 rings (SSSR count). The van der Waals surface area contributed by atoms with Gasteiger partial charge in [-0.3, -0.25) is 0 Å². The van der Waals surface area contributed by atoms with Crippen molar-refractivity contribution in [3.8, 4) is 5.75 Å². The van der Waals surface area contributed by atoms with Crippen LogP contribution in [0.1, 0.15) is 11.1 Å². The van der Waals surface area contributed by atoms with Crippen LogP contribution in [0.5, 0.6) is 5.75 Å². The molecule has 5 heteroatoms. The predicted octanol–water partition coefficient (Wildman–Crippen LogP) is 3.32. The number of rotatable bonds is 3. The van der Waals surface area contributed by atoms with Crippen LogP contribution in [0.4, 0.5) is 11.4 Å². The third kappa shape index (κ3) is 3.29. The van der Waals surface area contributed by atoms with E-state index in [0.717, 1.165) is 56.5 Å². The maximum Gasteiger partial charge on any atom is 0.123 e. The predicted molar refractivity (Wildman–Crippen MR) is 104 cm³/mol. The van der Waals surface area contributed by atoms with Gasteiger partial charge in [-0.05, 0) is 48.9 Å². The van der Waals surface area contributed by atoms with Gasteiger partial charge in [-0.2, -0.15) is 0 Å². The summed E-state index contributed by atoms with van der Waals surface area (Å²) in [7, 11) is 1.76. The number of hydrogen-bond acceptors (Lipinski definition) is 4. The summed E-state index contributed by atoms with van der Waals surface area (Å²) in [6.07, 6.45) is 1.07. The number of methoxy groups -OCH3 is 1. The van der Waals surface area contributed by atoms with Crippen molar-refractivity contribution in [1.82, 2.24) is 5.32 Å². The zero-order valence-electron chi connectivity index (χ0n) is 14.6. The summed E-state index contributed by atoms with van der Waals surface area (Å²) in [6, 6.07) is 12.5. The van der Waals surface area contributed by atoms with Crippen molar-refractivity contribution in [3.05, 3.63) is 52.5 Å². The molecule has 2 aromatic rings. The topological polar surface area (TPSA) is 27.7 Å². The third-order valence-corrected chi connectivity index (χ3v) is 5.47. The second kappa shape index (κ2) is 7.14. The van der Waals surface area contributed by atoms with Crippen LogP contribution in [0.3, 0.4) is 0 Å². The standard InChI is InChI=1S/C20H24ClN3O/c1-25-20-6-5-19(17-7-8-22-14-18(17)20)24-11-9-23(10-12-24)16-4-2-3-15(21)13-16/h2-6,13,22H,7-12,14H2,1H3. The Labute approximate surface area is 154 Å². The highest BCUT2D eigenvalue weighted by atomic mass is 35.5. The Hall–Kier alpha value is -1.91. The van der Waals surface area contributed by atoms with Gasteiger partial charge in [0.25, 0.3) is 0 Å². The fraction of sp³-hybridized carbons (Fsp3) is 0.400. The summed E-state index contributed by atoms with van der Waals surface area (Å²) < 4.78 is 5.56. The van der Waals surface area contributed by atoms with E-state index in [4.69, 9.17) is 16.3 Å². The van der Waals surface area contributed by atoms with Crippen LogP contribution < -0.4 is 19.9 Å². The van der Waals surface area contributed by atoms with Crippen molar-refractivity contribution >= 4 is 23.0 Å². The molecule has 2 aliphatic rings. The van der Waals surface area contributed by atoms with E-state index in [1.165, 1.54) is 22.5 Å². The monoisotopic (exact) mass is 357 g/mol. The smallest absolute Gasteiger partial charge is 0.123 e. The number of nitrogens with one attached hydrogen (secondary N) is 1. The first-order valence-electron chi connectivity index (χ1n) is 8.91. The molecule has 0 saturated carbocycles. The molecule has 0 aliphatic carbocycles. The number of halogens is 1. The number of fused-ring (bicyclic) bond motifs is 1. The Morgan fingerprint density at radius 1 is 1.00 bits per heavy atom. The van der Waals surface area contributed by atoms with Gasteiger partial charge in [0.2, 0.25) is 0 Å². The van der Waals surface area contributed by atoms with Crippen LogP contribution in [-0.4, -0.2) is 39.8 Å². The number of nitrogens with zero attached hydrogens (tertiary/aromatic N) is 2. The van der Waals surface area contributed by atoms with Crippen LogP contribution in [0.2, 0.25) is 5.02 Å². The summed E-state index contributed by atoms with van der Waals surface area (Å²) >= 11 is 6.14. The van der Waals surface area contributed by atoms with Gasteiger partial charge >= 0.3 is 0 Å². The summed E-state index contributed by atoms with van der Waals surface area (Å²) in [5, 5.41) is 4.26. The number of ether oxygens (including phenoxy) is 1. The minimum absolute atomic E-state index is 0.802. The summed E-state index contributed by atoms with van der Waals surface area (Å²) in [5.41, 5.74) is 5.37. The van der Waals surface area contributed by atoms with E-state index in [2.05, 4.69) is 39.4 Å². The highest BCUT2D eigenvalue weighted by molar-refractivity contribution is 6.30. The van der Waals surface area contributed by atoms with Gasteiger partial charge in [0, 0.05) is 54.7 Å². The Kier molecular flexibility index (Phi) is 4.73. The Bertz CT molecular complexity index is 757. The van der Waals surface area contributed by atoms with Crippen LogP contribution in [-0.2, 0) is 13.0 Å². The molecule has 1 N–H and O–H groups in total. The summed E-state index contributed by atoms with van der Waals surface area (Å²) in [4.78, 5) is 4.94. The average molecular weight is 358 g/mol. The zero-order valence-corrected chi connectivity index (χ0v) is 15.4. The molecule has 1 saturated heterocycles. The van der Waals surface area contributed by atoms with Gasteiger partial charge in [-0.1, -0.05) is 17.7 Å². The van der Waals surface area contributed by atoms with Crippen LogP contribution >= 0.6 is 11.6 Å². The zero-order chi connectivity index (χ0) is 17.2. The quantitative estimate of drug-likeness (QED) is 0.912. The lowest BCUT2D eigenvalue weighted by Gasteiger charge is -2.39. The normalized spacial score (nSPS) is 17.4. The molecule has 0 unspecified atom stereocenters. The molecule has 2 aliphatic heterocycles. The van der Waals surface area contributed by atoms with Crippen molar-refractivity contribution in [3.63, 3.8) is 0 Å². The number of benzene rings is 2. The van der Waals surface area contributed by atoms with E-state index < -0.39 is 0 Å². The summed E-state index contributed by atoms with van der Waals surface area (Å²) in [6.45, 7) is 6.01. The molecule has 0 aromatic heterocycles. The first-order valence-corrected chi connectivity index (χ1v) is 9.29. The highest BCUT2D eigenvalue weighted by Gasteiger charge is 2.23. The number of anilines is 2. The molecule has 0 amide bonds. The van der Waals surface area contributed by atoms with Gasteiger partial charge in [0.15, 0.2) is 0 Å². The molecule has 0 radical (unpaired) electrons. The van der Waals surface area contributed by atoms with Crippen LogP contribution in [0, 0.1) is 0 Å². The minimum atomic E-state index is 0.802. The van der Waals surface area contributed by atoms with Gasteiger partial charge in [-0.15, -0.1) is 0 Å². The Morgan fingerprint density at radius 2 is 1.80 bits per heavy atom. The second-order valence-corrected chi connectivity index (χ2v) is 7.06. The molecule has 0 spiro atoms. The molecule has 2 aromatic carbocycles. The lowest BCUT2D eigenvalue weighted by atomic mass is 9.97. The lowest BCUT2D eigenvalue weighted by Crippen LogP contribution is -2.47. The molecular weight excluding hydrogens is 334 g/mol. The lowest BCUT2D eigenvalue weighted by molar-refractivity contribution is 0.404. The van der Waals surface area contributed by atoms with Crippen LogP contribution in [0.25, 0.3) is 0 Å². The SMILES string of the molecule is COc1ccc(N2CCN(c3cccc(Cl)c3)CC2)c2c1CNCC2. The van der Waals surface area contributed by atoms with E-state index >= 15 is 0 Å². The molecule has 2 heterocycles. The highest BCUT2D eigenvalue weighted by Crippen LogP contribution is 2.34. The largest absolute Gasteiger partial charge is 0.496 e. The van der Waals surface area contributed by atoms with E-state index in [9.17, 15) is 0 Å². The molecule has 0 bridgehead atoms. The van der Waals surface area contributed by atoms with Crippen molar-refractivity contribution in [2.75, 3.05) is 49.6 Å². The van der Waals surface area contributed by atoms with Crippen molar-refractivity contribution in [1.29, 1.82) is 0 Å². The molecular formula is C20H24ClN3O. The maximum absolute atomic E-state index is 6.14. The molecule has 4 nitrogen and oxygen atoms in total. The second-order valence-electron chi connectivity index (χ2n) is 6.62. The van der Waals surface area contributed by atoms with Crippen LogP contribution in [0.15, 0.2) is 36.4 Å². The molecule has 0 atom stereocenters. The maximum atomic E-state index is 6.14. The van der Waals surface area contributed by atoms with Gasteiger partial charge < -0.3 is 19.9 Å². The number of hydrogen-bond donors (Lipinski definition) is 1. The molecule has 132 valence electrons. The van der Waals surface area contributed by atoms with Crippen molar-refractivity contribution in [2.45, 2.75) is 13.0 Å². The molecule has 1 fully saturated rings. The van der Waals surface area contributed by atoms with Crippen molar-refractivity contribution in [2.24, 2.45) is 0 Å².